The smallest absolute Gasteiger partial charge is 0.225 e. The van der Waals surface area contributed by atoms with Crippen LogP contribution >= 0.6 is 11.6 Å². The van der Waals surface area contributed by atoms with Crippen LogP contribution in [0.1, 0.15) is 17.0 Å². The van der Waals surface area contributed by atoms with Crippen LogP contribution in [-0.2, 0) is 13.1 Å². The quantitative estimate of drug-likeness (QED) is 0.709. The van der Waals surface area contributed by atoms with Gasteiger partial charge in [0.05, 0.1) is 12.2 Å². The van der Waals surface area contributed by atoms with Crippen molar-refractivity contribution in [3.05, 3.63) is 76.7 Å². The first kappa shape index (κ1) is 16.2. The molecular weight excluding hydrogens is 322 g/mol. The van der Waals surface area contributed by atoms with E-state index < -0.39 is 0 Å². The van der Waals surface area contributed by atoms with Gasteiger partial charge >= 0.3 is 0 Å². The highest BCUT2D eigenvalue weighted by atomic mass is 35.5. The van der Waals surface area contributed by atoms with E-state index in [0.29, 0.717) is 19.0 Å². The van der Waals surface area contributed by atoms with Gasteiger partial charge in [-0.3, -0.25) is 4.98 Å². The average Bonchev–Trinajstić information content (AvgIpc) is 2.60. The lowest BCUT2D eigenvalue weighted by atomic mass is 10.2. The second-order valence-corrected chi connectivity index (χ2v) is 5.81. The number of aryl methyl sites for hydroxylation is 1. The van der Waals surface area contributed by atoms with Crippen LogP contribution in [0.2, 0.25) is 5.02 Å². The van der Waals surface area contributed by atoms with Crippen molar-refractivity contribution in [3.8, 4) is 0 Å². The second kappa shape index (κ2) is 7.75. The van der Waals surface area contributed by atoms with Crippen molar-refractivity contribution in [1.82, 2.24) is 15.0 Å². The molecule has 2 aromatic heterocycles. The van der Waals surface area contributed by atoms with Gasteiger partial charge < -0.3 is 10.6 Å². The first-order valence-electron chi connectivity index (χ1n) is 7.67. The van der Waals surface area contributed by atoms with Crippen molar-refractivity contribution in [1.29, 1.82) is 0 Å². The van der Waals surface area contributed by atoms with Crippen LogP contribution in [0, 0.1) is 6.92 Å². The molecule has 3 aromatic rings. The fourth-order valence-corrected chi connectivity index (χ4v) is 2.33. The number of hydrogen-bond donors (Lipinski definition) is 2. The van der Waals surface area contributed by atoms with Crippen LogP contribution in [0.4, 0.5) is 11.8 Å². The van der Waals surface area contributed by atoms with Gasteiger partial charge in [0.15, 0.2) is 0 Å². The van der Waals surface area contributed by atoms with Crippen LogP contribution in [0.25, 0.3) is 0 Å². The van der Waals surface area contributed by atoms with Gasteiger partial charge in [-0.15, -0.1) is 0 Å². The molecule has 0 amide bonds. The molecule has 2 N–H and O–H groups in total. The molecule has 0 aliphatic carbocycles. The molecule has 0 atom stereocenters. The third-order valence-corrected chi connectivity index (χ3v) is 3.65. The predicted octanol–water partition coefficient (Wildman–Crippen LogP) is 4.06. The normalized spacial score (nSPS) is 10.4. The minimum absolute atomic E-state index is 0.591. The van der Waals surface area contributed by atoms with Gasteiger partial charge in [0.2, 0.25) is 5.95 Å². The number of pyridine rings is 1. The Kier molecular flexibility index (Phi) is 5.23. The monoisotopic (exact) mass is 339 g/mol. The zero-order valence-electron chi connectivity index (χ0n) is 13.3. The molecule has 2 heterocycles. The maximum atomic E-state index is 5.90. The van der Waals surface area contributed by atoms with E-state index in [2.05, 4.69) is 25.6 Å². The molecule has 0 fully saturated rings. The zero-order chi connectivity index (χ0) is 16.8. The molecule has 6 heteroatoms. The molecule has 0 radical (unpaired) electrons. The van der Waals surface area contributed by atoms with Gasteiger partial charge in [0.1, 0.15) is 5.82 Å². The average molecular weight is 340 g/mol. The third-order valence-electron chi connectivity index (χ3n) is 3.39. The molecule has 0 bridgehead atoms. The fourth-order valence-electron chi connectivity index (χ4n) is 2.21. The number of nitrogens with one attached hydrogen (secondary N) is 2. The van der Waals surface area contributed by atoms with E-state index in [-0.39, 0.29) is 0 Å². The minimum Gasteiger partial charge on any atom is -0.364 e. The summed E-state index contributed by atoms with van der Waals surface area (Å²) in [5.74, 6) is 1.36. The van der Waals surface area contributed by atoms with E-state index in [1.807, 2.05) is 55.5 Å². The first-order chi connectivity index (χ1) is 11.7. The van der Waals surface area contributed by atoms with Gasteiger partial charge in [-0.25, -0.2) is 4.98 Å². The summed E-state index contributed by atoms with van der Waals surface area (Å²) in [4.78, 5) is 13.2. The van der Waals surface area contributed by atoms with Gasteiger partial charge in [0, 0.05) is 29.5 Å². The Morgan fingerprint density at radius 1 is 0.958 bits per heavy atom. The zero-order valence-corrected chi connectivity index (χ0v) is 14.1. The van der Waals surface area contributed by atoms with Crippen molar-refractivity contribution in [2.45, 2.75) is 20.0 Å². The molecule has 3 rings (SSSR count). The lowest BCUT2D eigenvalue weighted by molar-refractivity contribution is 0.993. The Labute approximate surface area is 146 Å². The fraction of sp³-hybridized carbons (Fsp3) is 0.167. The van der Waals surface area contributed by atoms with Gasteiger partial charge in [-0.1, -0.05) is 29.8 Å². The summed E-state index contributed by atoms with van der Waals surface area (Å²) in [5.41, 5.74) is 2.98. The largest absolute Gasteiger partial charge is 0.364 e. The van der Waals surface area contributed by atoms with Crippen LogP contribution in [0.15, 0.2) is 54.7 Å². The third kappa shape index (κ3) is 4.67. The predicted molar refractivity (Wildman–Crippen MR) is 97.1 cm³/mol. The minimum atomic E-state index is 0.591. The molecule has 0 saturated carbocycles. The Morgan fingerprint density at radius 3 is 2.54 bits per heavy atom. The molecule has 1 aromatic carbocycles. The molecule has 0 unspecified atom stereocenters. The summed E-state index contributed by atoms with van der Waals surface area (Å²) in [7, 11) is 0. The summed E-state index contributed by atoms with van der Waals surface area (Å²) >= 11 is 5.90. The standard InChI is InChI=1S/C18H18ClN5/c1-13-10-17(21-12-16-4-2-3-9-20-16)24-18(23-13)22-11-14-5-7-15(19)8-6-14/h2-10H,11-12H2,1H3,(H2,21,22,23,24). The first-order valence-corrected chi connectivity index (χ1v) is 8.04. The molecule has 0 spiro atoms. The summed E-state index contributed by atoms with van der Waals surface area (Å²) in [6.07, 6.45) is 1.78. The molecule has 122 valence electrons. The number of halogens is 1. The summed E-state index contributed by atoms with van der Waals surface area (Å²) in [6, 6.07) is 15.4. The highest BCUT2D eigenvalue weighted by molar-refractivity contribution is 6.30. The highest BCUT2D eigenvalue weighted by Gasteiger charge is 2.03. The Balaban J connectivity index is 1.63. The summed E-state index contributed by atoms with van der Waals surface area (Å²) < 4.78 is 0. The van der Waals surface area contributed by atoms with E-state index >= 15 is 0 Å². The highest BCUT2D eigenvalue weighted by Crippen LogP contribution is 2.13. The summed E-state index contributed by atoms with van der Waals surface area (Å²) in [6.45, 7) is 3.20. The SMILES string of the molecule is Cc1cc(NCc2ccccn2)nc(NCc2ccc(Cl)cc2)n1. The summed E-state index contributed by atoms with van der Waals surface area (Å²) in [5, 5.41) is 7.24. The lowest BCUT2D eigenvalue weighted by Gasteiger charge is -2.10. The number of anilines is 2. The second-order valence-electron chi connectivity index (χ2n) is 5.37. The topological polar surface area (TPSA) is 62.7 Å². The van der Waals surface area contributed by atoms with Gasteiger partial charge in [-0.05, 0) is 36.8 Å². The maximum absolute atomic E-state index is 5.90. The Morgan fingerprint density at radius 2 is 1.79 bits per heavy atom. The van der Waals surface area contributed by atoms with E-state index in [4.69, 9.17) is 11.6 Å². The Bertz CT molecular complexity index is 790. The lowest BCUT2D eigenvalue weighted by Crippen LogP contribution is -2.08. The van der Waals surface area contributed by atoms with Crippen molar-refractivity contribution >= 4 is 23.4 Å². The molecule has 5 nitrogen and oxygen atoms in total. The molecule has 0 aliphatic rings. The van der Waals surface area contributed by atoms with Crippen molar-refractivity contribution < 1.29 is 0 Å². The van der Waals surface area contributed by atoms with Gasteiger partial charge in [-0.2, -0.15) is 4.98 Å². The molecule has 24 heavy (non-hydrogen) atoms. The number of aromatic nitrogens is 3. The van der Waals surface area contributed by atoms with Crippen LogP contribution in [0.5, 0.6) is 0 Å². The van der Waals surface area contributed by atoms with Crippen molar-refractivity contribution in [2.75, 3.05) is 10.6 Å². The molecular formula is C18H18ClN5. The number of rotatable bonds is 6. The van der Waals surface area contributed by atoms with E-state index in [1.165, 1.54) is 0 Å². The van der Waals surface area contributed by atoms with Crippen molar-refractivity contribution in [2.24, 2.45) is 0 Å². The van der Waals surface area contributed by atoms with Crippen LogP contribution in [0.3, 0.4) is 0 Å². The van der Waals surface area contributed by atoms with Crippen molar-refractivity contribution in [3.63, 3.8) is 0 Å². The Hall–Kier alpha value is -2.66. The van der Waals surface area contributed by atoms with E-state index in [9.17, 15) is 0 Å². The van der Waals surface area contributed by atoms with E-state index in [0.717, 1.165) is 27.8 Å². The van der Waals surface area contributed by atoms with Gasteiger partial charge in [0.25, 0.3) is 0 Å². The van der Waals surface area contributed by atoms with Crippen LogP contribution < -0.4 is 10.6 Å². The number of benzene rings is 1. The van der Waals surface area contributed by atoms with E-state index in [1.54, 1.807) is 6.20 Å². The van der Waals surface area contributed by atoms with Crippen LogP contribution in [-0.4, -0.2) is 15.0 Å². The molecule has 0 saturated heterocycles. The molecule has 0 aliphatic heterocycles. The number of hydrogen-bond acceptors (Lipinski definition) is 5. The number of nitrogens with zero attached hydrogens (tertiary/aromatic N) is 3. The maximum Gasteiger partial charge on any atom is 0.225 e.